The van der Waals surface area contributed by atoms with E-state index in [2.05, 4.69) is 0 Å². The molecule has 0 spiro atoms. The average molecular weight is 256 g/mol. The molecule has 0 aliphatic carbocycles. The van der Waals surface area contributed by atoms with Crippen molar-refractivity contribution >= 4 is 6.29 Å². The zero-order valence-corrected chi connectivity index (χ0v) is 11.3. The monoisotopic (exact) mass is 256 g/mol. The number of aryl methyl sites for hydroxylation is 1. The van der Waals surface area contributed by atoms with Crippen molar-refractivity contribution in [3.8, 4) is 22.6 Å². The second-order valence-corrected chi connectivity index (χ2v) is 4.26. The minimum atomic E-state index is 0.551. The van der Waals surface area contributed by atoms with E-state index in [-0.39, 0.29) is 0 Å². The molecule has 0 heterocycles. The van der Waals surface area contributed by atoms with E-state index in [0.29, 0.717) is 11.3 Å². The van der Waals surface area contributed by atoms with E-state index in [1.807, 2.05) is 43.3 Å². The molecule has 0 aliphatic rings. The van der Waals surface area contributed by atoms with Gasteiger partial charge in [0.1, 0.15) is 11.5 Å². The Bertz CT molecular complexity index is 603. The van der Waals surface area contributed by atoms with Gasteiger partial charge in [-0.3, -0.25) is 4.79 Å². The Morgan fingerprint density at radius 3 is 2.37 bits per heavy atom. The summed E-state index contributed by atoms with van der Waals surface area (Å²) in [7, 11) is 3.20. The Kier molecular flexibility index (Phi) is 3.85. The highest BCUT2D eigenvalue weighted by molar-refractivity contribution is 5.83. The summed E-state index contributed by atoms with van der Waals surface area (Å²) >= 11 is 0. The molecule has 3 heteroatoms. The minimum absolute atomic E-state index is 0.551. The fourth-order valence-corrected chi connectivity index (χ4v) is 2.08. The lowest BCUT2D eigenvalue weighted by molar-refractivity contribution is 0.112. The molecule has 2 rings (SSSR count). The lowest BCUT2D eigenvalue weighted by Gasteiger charge is -2.10. The van der Waals surface area contributed by atoms with Crippen molar-refractivity contribution in [3.05, 3.63) is 47.5 Å². The summed E-state index contributed by atoms with van der Waals surface area (Å²) in [6.45, 7) is 2.02. The molecule has 0 bridgehead atoms. The molecular weight excluding hydrogens is 240 g/mol. The van der Waals surface area contributed by atoms with Crippen LogP contribution >= 0.6 is 0 Å². The number of carbonyl (C=O) groups is 1. The topological polar surface area (TPSA) is 35.5 Å². The van der Waals surface area contributed by atoms with Crippen LogP contribution in [0, 0.1) is 6.92 Å². The third-order valence-electron chi connectivity index (χ3n) is 3.10. The fourth-order valence-electron chi connectivity index (χ4n) is 2.08. The molecule has 0 unspecified atom stereocenters. The van der Waals surface area contributed by atoms with Crippen molar-refractivity contribution in [2.75, 3.05) is 14.2 Å². The summed E-state index contributed by atoms with van der Waals surface area (Å²) in [6.07, 6.45) is 0.807. The molecule has 2 aromatic rings. The first-order chi connectivity index (χ1) is 9.19. The van der Waals surface area contributed by atoms with Crippen LogP contribution in [-0.2, 0) is 0 Å². The van der Waals surface area contributed by atoms with Crippen LogP contribution in [0.1, 0.15) is 15.9 Å². The molecule has 0 aliphatic heterocycles. The minimum Gasteiger partial charge on any atom is -0.497 e. The lowest BCUT2D eigenvalue weighted by atomic mass is 9.98. The summed E-state index contributed by atoms with van der Waals surface area (Å²) in [5, 5.41) is 0. The zero-order chi connectivity index (χ0) is 13.8. The van der Waals surface area contributed by atoms with E-state index < -0.39 is 0 Å². The predicted octanol–water partition coefficient (Wildman–Crippen LogP) is 3.49. The Morgan fingerprint density at radius 1 is 1.00 bits per heavy atom. The van der Waals surface area contributed by atoms with E-state index in [0.717, 1.165) is 28.7 Å². The molecule has 3 nitrogen and oxygen atoms in total. The number of hydrogen-bond donors (Lipinski definition) is 0. The van der Waals surface area contributed by atoms with Crippen molar-refractivity contribution in [3.63, 3.8) is 0 Å². The van der Waals surface area contributed by atoms with Crippen LogP contribution < -0.4 is 9.47 Å². The number of benzene rings is 2. The third-order valence-corrected chi connectivity index (χ3v) is 3.10. The average Bonchev–Trinajstić information content (AvgIpc) is 2.46. The van der Waals surface area contributed by atoms with Crippen LogP contribution in [0.15, 0.2) is 36.4 Å². The molecule has 0 aromatic heterocycles. The van der Waals surface area contributed by atoms with Gasteiger partial charge in [-0.15, -0.1) is 0 Å². The molecule has 0 N–H and O–H groups in total. The highest BCUT2D eigenvalue weighted by Gasteiger charge is 2.07. The molecule has 0 amide bonds. The van der Waals surface area contributed by atoms with Gasteiger partial charge >= 0.3 is 0 Å². The van der Waals surface area contributed by atoms with Crippen molar-refractivity contribution < 1.29 is 14.3 Å². The predicted molar refractivity (Wildman–Crippen MR) is 75.1 cm³/mol. The van der Waals surface area contributed by atoms with E-state index in [1.54, 1.807) is 14.2 Å². The van der Waals surface area contributed by atoms with E-state index in [9.17, 15) is 4.79 Å². The van der Waals surface area contributed by atoms with Gasteiger partial charge in [0.05, 0.1) is 19.8 Å². The summed E-state index contributed by atoms with van der Waals surface area (Å²) in [6, 6.07) is 11.5. The molecule has 0 saturated heterocycles. The highest BCUT2D eigenvalue weighted by Crippen LogP contribution is 2.29. The number of aldehydes is 1. The van der Waals surface area contributed by atoms with E-state index in [4.69, 9.17) is 9.47 Å². The van der Waals surface area contributed by atoms with E-state index in [1.165, 1.54) is 0 Å². The van der Waals surface area contributed by atoms with Gasteiger partial charge in [0.2, 0.25) is 0 Å². The fraction of sp³-hybridized carbons (Fsp3) is 0.188. The number of hydrogen-bond acceptors (Lipinski definition) is 3. The first-order valence-corrected chi connectivity index (χ1v) is 5.98. The van der Waals surface area contributed by atoms with Gasteiger partial charge in [-0.25, -0.2) is 0 Å². The van der Waals surface area contributed by atoms with Crippen molar-refractivity contribution in [2.45, 2.75) is 6.92 Å². The molecule has 98 valence electrons. The van der Waals surface area contributed by atoms with Crippen LogP contribution in [0.3, 0.4) is 0 Å². The van der Waals surface area contributed by atoms with Gasteiger partial charge in [0.25, 0.3) is 0 Å². The van der Waals surface area contributed by atoms with Crippen LogP contribution in [0.4, 0.5) is 0 Å². The maximum absolute atomic E-state index is 11.1. The first-order valence-electron chi connectivity index (χ1n) is 5.98. The number of methoxy groups -OCH3 is 2. The van der Waals surface area contributed by atoms with Crippen LogP contribution in [0.25, 0.3) is 11.1 Å². The largest absolute Gasteiger partial charge is 0.497 e. The maximum Gasteiger partial charge on any atom is 0.153 e. The van der Waals surface area contributed by atoms with Crippen molar-refractivity contribution in [2.24, 2.45) is 0 Å². The lowest BCUT2D eigenvalue weighted by Crippen LogP contribution is -1.92. The third kappa shape index (κ3) is 2.60. The normalized spacial score (nSPS) is 10.1. The molecule has 0 atom stereocenters. The van der Waals surface area contributed by atoms with Crippen LogP contribution in [-0.4, -0.2) is 20.5 Å². The van der Waals surface area contributed by atoms with Gasteiger partial charge < -0.3 is 9.47 Å². The highest BCUT2D eigenvalue weighted by atomic mass is 16.5. The standard InChI is InChI=1S/C16H16O3/c1-11-8-14(18-2)5-6-15(11)12-4-7-16(19-3)13(9-12)10-17/h4-10H,1-3H3. The van der Waals surface area contributed by atoms with Crippen molar-refractivity contribution in [1.29, 1.82) is 0 Å². The Labute approximate surface area is 112 Å². The smallest absolute Gasteiger partial charge is 0.153 e. The molecule has 0 saturated carbocycles. The van der Waals surface area contributed by atoms with Gasteiger partial charge in [-0.1, -0.05) is 12.1 Å². The Hall–Kier alpha value is -2.29. The number of carbonyl (C=O) groups excluding carboxylic acids is 1. The summed E-state index contributed by atoms with van der Waals surface area (Å²) in [5.74, 6) is 1.41. The first kappa shape index (κ1) is 13.1. The quantitative estimate of drug-likeness (QED) is 0.785. The van der Waals surface area contributed by atoms with Crippen LogP contribution in [0.2, 0.25) is 0 Å². The molecule has 2 aromatic carbocycles. The summed E-state index contributed by atoms with van der Waals surface area (Å²) < 4.78 is 10.3. The Morgan fingerprint density at radius 2 is 1.79 bits per heavy atom. The zero-order valence-electron chi connectivity index (χ0n) is 11.3. The molecular formula is C16H16O3. The van der Waals surface area contributed by atoms with Gasteiger partial charge in [-0.05, 0) is 47.9 Å². The van der Waals surface area contributed by atoms with E-state index >= 15 is 0 Å². The SMILES string of the molecule is COc1ccc(-c2ccc(OC)c(C=O)c2)c(C)c1. The van der Waals surface area contributed by atoms with Crippen molar-refractivity contribution in [1.82, 2.24) is 0 Å². The number of ether oxygens (including phenoxy) is 2. The van der Waals surface area contributed by atoms with Gasteiger partial charge in [0.15, 0.2) is 6.29 Å². The molecule has 0 radical (unpaired) electrons. The Balaban J connectivity index is 2.50. The maximum atomic E-state index is 11.1. The molecule has 19 heavy (non-hydrogen) atoms. The second kappa shape index (κ2) is 5.57. The second-order valence-electron chi connectivity index (χ2n) is 4.26. The molecule has 0 fully saturated rings. The van der Waals surface area contributed by atoms with Crippen LogP contribution in [0.5, 0.6) is 11.5 Å². The number of rotatable bonds is 4. The van der Waals surface area contributed by atoms with Gasteiger partial charge in [-0.2, -0.15) is 0 Å². The summed E-state index contributed by atoms with van der Waals surface area (Å²) in [5.41, 5.74) is 3.71. The summed E-state index contributed by atoms with van der Waals surface area (Å²) in [4.78, 5) is 11.1. The van der Waals surface area contributed by atoms with Gasteiger partial charge in [0, 0.05) is 0 Å².